The normalized spacial score (nSPS) is 10.3. The molecule has 0 spiro atoms. The summed E-state index contributed by atoms with van der Waals surface area (Å²) in [7, 11) is 1.82. The van der Waals surface area contributed by atoms with Crippen LogP contribution in [-0.4, -0.2) is 28.1 Å². The molecule has 0 saturated heterocycles. The van der Waals surface area contributed by atoms with Gasteiger partial charge in [-0.2, -0.15) is 0 Å². The van der Waals surface area contributed by atoms with E-state index in [4.69, 9.17) is 5.11 Å². The van der Waals surface area contributed by atoms with E-state index in [0.29, 0.717) is 12.5 Å². The number of carboxylic acids is 1. The van der Waals surface area contributed by atoms with Crippen molar-refractivity contribution in [3.05, 3.63) is 38.8 Å². The van der Waals surface area contributed by atoms with Gasteiger partial charge in [-0.25, -0.2) is 14.8 Å². The van der Waals surface area contributed by atoms with E-state index >= 15 is 0 Å². The van der Waals surface area contributed by atoms with E-state index in [1.165, 1.54) is 12.3 Å². The highest BCUT2D eigenvalue weighted by molar-refractivity contribution is 9.11. The highest BCUT2D eigenvalue weighted by Crippen LogP contribution is 2.25. The Morgan fingerprint density at radius 3 is 2.94 bits per heavy atom. The minimum Gasteiger partial charge on any atom is -0.477 e. The van der Waals surface area contributed by atoms with Crippen molar-refractivity contribution in [3.8, 4) is 0 Å². The number of nitrogens with zero attached hydrogens (tertiary/aromatic N) is 3. The Morgan fingerprint density at radius 2 is 2.33 bits per heavy atom. The Bertz CT molecular complexity index is 573. The van der Waals surface area contributed by atoms with Gasteiger partial charge < -0.3 is 10.0 Å². The Labute approximate surface area is 116 Å². The van der Waals surface area contributed by atoms with Gasteiger partial charge in [0.05, 0.1) is 3.79 Å². The maximum atomic E-state index is 10.8. The predicted octanol–water partition coefficient (Wildman–Crippen LogP) is 2.64. The molecule has 1 N–H and O–H groups in total. The van der Waals surface area contributed by atoms with Crippen molar-refractivity contribution in [2.75, 3.05) is 11.9 Å². The van der Waals surface area contributed by atoms with Crippen molar-refractivity contribution < 1.29 is 9.90 Å². The van der Waals surface area contributed by atoms with E-state index in [1.54, 1.807) is 16.2 Å². The molecule has 2 rings (SSSR count). The molecule has 2 heterocycles. The third-order valence-corrected chi connectivity index (χ3v) is 4.12. The maximum Gasteiger partial charge on any atom is 0.354 e. The fraction of sp³-hybridized carbons (Fsp3) is 0.182. The molecule has 0 radical (unpaired) electrons. The van der Waals surface area contributed by atoms with Gasteiger partial charge in [0.2, 0.25) is 5.95 Å². The van der Waals surface area contributed by atoms with Crippen LogP contribution in [0, 0.1) is 0 Å². The smallest absolute Gasteiger partial charge is 0.354 e. The molecule has 0 fully saturated rings. The number of carboxylic acid groups (broad SMARTS) is 1. The van der Waals surface area contributed by atoms with Crippen molar-refractivity contribution in [1.82, 2.24) is 9.97 Å². The molecule has 94 valence electrons. The average molecular weight is 328 g/mol. The average Bonchev–Trinajstić information content (AvgIpc) is 2.75. The van der Waals surface area contributed by atoms with Crippen molar-refractivity contribution >= 4 is 39.2 Å². The van der Waals surface area contributed by atoms with E-state index in [2.05, 4.69) is 25.9 Å². The highest BCUT2D eigenvalue weighted by atomic mass is 79.9. The summed E-state index contributed by atoms with van der Waals surface area (Å²) in [5.74, 6) is -0.656. The highest BCUT2D eigenvalue weighted by Gasteiger charge is 2.11. The van der Waals surface area contributed by atoms with Crippen molar-refractivity contribution in [2.45, 2.75) is 6.54 Å². The van der Waals surface area contributed by atoms with E-state index in [0.717, 1.165) is 9.35 Å². The number of thiophene rings is 1. The van der Waals surface area contributed by atoms with E-state index in [1.807, 2.05) is 18.5 Å². The summed E-state index contributed by atoms with van der Waals surface area (Å²) in [6.07, 6.45) is 1.45. The van der Waals surface area contributed by atoms with E-state index in [-0.39, 0.29) is 5.69 Å². The first kappa shape index (κ1) is 13.0. The minimum absolute atomic E-state index is 0.00349. The van der Waals surface area contributed by atoms with Crippen LogP contribution in [0.15, 0.2) is 27.5 Å². The molecular formula is C11H10BrN3O2S. The van der Waals surface area contributed by atoms with Crippen LogP contribution in [0.2, 0.25) is 0 Å². The summed E-state index contributed by atoms with van der Waals surface area (Å²) in [5, 5.41) is 10.9. The second-order valence-electron chi connectivity index (χ2n) is 3.62. The lowest BCUT2D eigenvalue weighted by molar-refractivity contribution is 0.0690. The van der Waals surface area contributed by atoms with Gasteiger partial charge in [-0.05, 0) is 39.0 Å². The largest absolute Gasteiger partial charge is 0.477 e. The molecule has 0 amide bonds. The van der Waals surface area contributed by atoms with Crippen LogP contribution in [-0.2, 0) is 6.54 Å². The van der Waals surface area contributed by atoms with Gasteiger partial charge in [0.25, 0.3) is 0 Å². The standard InChI is InChI=1S/C11H10BrN3O2S/c1-15(6-7-3-5-18-9(7)12)11-13-4-2-8(14-11)10(16)17/h2-5H,6H2,1H3,(H,16,17). The summed E-state index contributed by atoms with van der Waals surface area (Å²) < 4.78 is 1.06. The zero-order chi connectivity index (χ0) is 13.1. The summed E-state index contributed by atoms with van der Waals surface area (Å²) >= 11 is 5.07. The topological polar surface area (TPSA) is 66.3 Å². The van der Waals surface area contributed by atoms with Gasteiger partial charge in [0.1, 0.15) is 0 Å². The van der Waals surface area contributed by atoms with Crippen molar-refractivity contribution in [3.63, 3.8) is 0 Å². The molecule has 7 heteroatoms. The first-order chi connectivity index (χ1) is 8.58. The number of aromatic nitrogens is 2. The summed E-state index contributed by atoms with van der Waals surface area (Å²) in [5.41, 5.74) is 1.11. The molecular weight excluding hydrogens is 318 g/mol. The van der Waals surface area contributed by atoms with Crippen molar-refractivity contribution in [1.29, 1.82) is 0 Å². The fourth-order valence-electron chi connectivity index (χ4n) is 1.41. The zero-order valence-electron chi connectivity index (χ0n) is 9.50. The molecule has 0 unspecified atom stereocenters. The molecule has 5 nitrogen and oxygen atoms in total. The molecule has 0 aliphatic carbocycles. The van der Waals surface area contributed by atoms with Gasteiger partial charge in [-0.3, -0.25) is 0 Å². The quantitative estimate of drug-likeness (QED) is 0.935. The third kappa shape index (κ3) is 2.85. The number of halogens is 1. The number of hydrogen-bond acceptors (Lipinski definition) is 5. The summed E-state index contributed by atoms with van der Waals surface area (Å²) in [4.78, 5) is 20.7. The third-order valence-electron chi connectivity index (χ3n) is 2.30. The first-order valence-corrected chi connectivity index (χ1v) is 6.74. The zero-order valence-corrected chi connectivity index (χ0v) is 11.9. The molecule has 0 aromatic carbocycles. The van der Waals surface area contributed by atoms with Gasteiger partial charge in [-0.1, -0.05) is 0 Å². The number of anilines is 1. The van der Waals surface area contributed by atoms with Crippen LogP contribution in [0.25, 0.3) is 0 Å². The Morgan fingerprint density at radius 1 is 1.56 bits per heavy atom. The molecule has 0 saturated carbocycles. The number of carbonyl (C=O) groups is 1. The van der Waals surface area contributed by atoms with Crippen LogP contribution >= 0.6 is 27.3 Å². The fourth-order valence-corrected chi connectivity index (χ4v) is 2.63. The second kappa shape index (κ2) is 5.45. The van der Waals surface area contributed by atoms with Crippen LogP contribution in [0.1, 0.15) is 16.1 Å². The van der Waals surface area contributed by atoms with Crippen LogP contribution in [0.5, 0.6) is 0 Å². The van der Waals surface area contributed by atoms with Gasteiger partial charge >= 0.3 is 5.97 Å². The first-order valence-electron chi connectivity index (χ1n) is 5.07. The minimum atomic E-state index is -1.05. The molecule has 2 aromatic rings. The predicted molar refractivity (Wildman–Crippen MR) is 73.1 cm³/mol. The van der Waals surface area contributed by atoms with Crippen LogP contribution < -0.4 is 4.90 Å². The summed E-state index contributed by atoms with van der Waals surface area (Å²) in [6, 6.07) is 3.38. The van der Waals surface area contributed by atoms with E-state index in [9.17, 15) is 4.79 Å². The summed E-state index contributed by atoms with van der Waals surface area (Å²) in [6.45, 7) is 0.618. The monoisotopic (exact) mass is 327 g/mol. The SMILES string of the molecule is CN(Cc1ccsc1Br)c1nccc(C(=O)O)n1. The molecule has 0 aliphatic rings. The molecule has 18 heavy (non-hydrogen) atoms. The lowest BCUT2D eigenvalue weighted by Crippen LogP contribution is -2.20. The maximum absolute atomic E-state index is 10.8. The van der Waals surface area contributed by atoms with Crippen molar-refractivity contribution in [2.24, 2.45) is 0 Å². The number of aromatic carboxylic acids is 1. The second-order valence-corrected chi connectivity index (χ2v) is 5.86. The van der Waals surface area contributed by atoms with Gasteiger partial charge in [-0.15, -0.1) is 11.3 Å². The van der Waals surface area contributed by atoms with E-state index < -0.39 is 5.97 Å². The Kier molecular flexibility index (Phi) is 3.93. The van der Waals surface area contributed by atoms with Gasteiger partial charge in [0.15, 0.2) is 5.69 Å². The molecule has 0 aliphatic heterocycles. The Hall–Kier alpha value is -1.47. The Balaban J connectivity index is 2.18. The van der Waals surface area contributed by atoms with Crippen LogP contribution in [0.3, 0.4) is 0 Å². The lowest BCUT2D eigenvalue weighted by Gasteiger charge is -2.16. The lowest BCUT2D eigenvalue weighted by atomic mass is 10.3. The number of rotatable bonds is 4. The molecule has 0 bridgehead atoms. The molecule has 0 atom stereocenters. The van der Waals surface area contributed by atoms with Gasteiger partial charge in [0, 0.05) is 19.8 Å². The molecule has 2 aromatic heterocycles. The number of hydrogen-bond donors (Lipinski definition) is 1. The van der Waals surface area contributed by atoms with Crippen LogP contribution in [0.4, 0.5) is 5.95 Å².